The Morgan fingerprint density at radius 1 is 1.28 bits per heavy atom. The molecule has 0 aromatic carbocycles. The summed E-state index contributed by atoms with van der Waals surface area (Å²) in [5.41, 5.74) is 1.55. The van der Waals surface area contributed by atoms with Crippen LogP contribution >= 0.6 is 0 Å². The minimum Gasteiger partial charge on any atom is -0.385 e. The molecule has 0 atom stereocenters. The average Bonchev–Trinajstić information content (AvgIpc) is 2.63. The molecular weight excluding hydrogens is 318 g/mol. The third kappa shape index (κ3) is 6.11. The van der Waals surface area contributed by atoms with E-state index in [1.807, 2.05) is 12.1 Å². The smallest absolute Gasteiger partial charge is 0.272 e. The van der Waals surface area contributed by atoms with Crippen LogP contribution in [-0.4, -0.2) is 59.6 Å². The highest BCUT2D eigenvalue weighted by molar-refractivity contribution is 5.92. The maximum Gasteiger partial charge on any atom is 0.272 e. The van der Waals surface area contributed by atoms with Crippen molar-refractivity contribution in [2.75, 3.05) is 39.2 Å². The lowest BCUT2D eigenvalue weighted by Gasteiger charge is -2.17. The van der Waals surface area contributed by atoms with Crippen molar-refractivity contribution >= 4 is 11.7 Å². The number of carbonyl (C=O) groups is 1. The second-order valence-electron chi connectivity index (χ2n) is 5.79. The van der Waals surface area contributed by atoms with Gasteiger partial charge in [-0.1, -0.05) is 0 Å². The molecule has 7 nitrogen and oxygen atoms in total. The molecule has 0 aliphatic heterocycles. The van der Waals surface area contributed by atoms with Crippen LogP contribution in [0.4, 0.5) is 5.82 Å². The minimum atomic E-state index is -0.112. The van der Waals surface area contributed by atoms with Crippen LogP contribution in [0, 0.1) is 6.92 Å². The Hall–Kier alpha value is -2.54. The zero-order valence-corrected chi connectivity index (χ0v) is 15.0. The highest BCUT2D eigenvalue weighted by atomic mass is 16.5. The highest BCUT2D eigenvalue weighted by Gasteiger charge is 2.15. The van der Waals surface area contributed by atoms with E-state index in [-0.39, 0.29) is 5.91 Å². The molecule has 0 aliphatic rings. The molecule has 0 unspecified atom stereocenters. The number of hydrogen-bond donors (Lipinski definition) is 1. The van der Waals surface area contributed by atoms with E-state index in [0.717, 1.165) is 24.9 Å². The molecule has 7 heteroatoms. The van der Waals surface area contributed by atoms with Crippen LogP contribution in [0.1, 0.15) is 28.3 Å². The zero-order chi connectivity index (χ0) is 18.1. The number of likely N-dealkylation sites (N-methyl/N-ethyl adjacent to an activating group) is 1. The van der Waals surface area contributed by atoms with Crippen molar-refractivity contribution in [3.05, 3.63) is 47.7 Å². The number of nitrogens with zero attached hydrogens (tertiary/aromatic N) is 4. The Bertz CT molecular complexity index is 678. The number of aromatic nitrogens is 3. The second kappa shape index (κ2) is 9.68. The first-order valence-electron chi connectivity index (χ1n) is 8.33. The van der Waals surface area contributed by atoms with Gasteiger partial charge in [-0.25, -0.2) is 9.97 Å². The Labute approximate surface area is 148 Å². The monoisotopic (exact) mass is 343 g/mol. The number of methoxy groups -OCH3 is 1. The van der Waals surface area contributed by atoms with Gasteiger partial charge in [0.1, 0.15) is 17.3 Å². The van der Waals surface area contributed by atoms with Crippen molar-refractivity contribution in [2.24, 2.45) is 0 Å². The Kier molecular flexibility index (Phi) is 7.28. The van der Waals surface area contributed by atoms with Crippen molar-refractivity contribution < 1.29 is 9.53 Å². The summed E-state index contributed by atoms with van der Waals surface area (Å²) in [6.45, 7) is 3.81. The van der Waals surface area contributed by atoms with Gasteiger partial charge >= 0.3 is 0 Å². The lowest BCUT2D eigenvalue weighted by Crippen LogP contribution is -2.30. The van der Waals surface area contributed by atoms with Crippen LogP contribution in [0.2, 0.25) is 0 Å². The number of pyridine rings is 1. The van der Waals surface area contributed by atoms with Crippen molar-refractivity contribution in [1.82, 2.24) is 19.9 Å². The van der Waals surface area contributed by atoms with Gasteiger partial charge in [-0.2, -0.15) is 0 Å². The number of nitrogens with one attached hydrogen (secondary N) is 1. The lowest BCUT2D eigenvalue weighted by atomic mass is 10.2. The molecule has 0 fully saturated rings. The number of rotatable bonds is 9. The van der Waals surface area contributed by atoms with Crippen molar-refractivity contribution in [1.29, 1.82) is 0 Å². The van der Waals surface area contributed by atoms with Crippen molar-refractivity contribution in [3.63, 3.8) is 0 Å². The first kappa shape index (κ1) is 18.8. The van der Waals surface area contributed by atoms with Gasteiger partial charge in [0.05, 0.1) is 0 Å². The van der Waals surface area contributed by atoms with Crippen LogP contribution in [0.3, 0.4) is 0 Å². The van der Waals surface area contributed by atoms with E-state index in [1.54, 1.807) is 44.4 Å². The summed E-state index contributed by atoms with van der Waals surface area (Å²) < 4.78 is 5.02. The van der Waals surface area contributed by atoms with Crippen LogP contribution < -0.4 is 5.32 Å². The third-order valence-corrected chi connectivity index (χ3v) is 3.72. The summed E-state index contributed by atoms with van der Waals surface area (Å²) in [6, 6.07) is 5.61. The summed E-state index contributed by atoms with van der Waals surface area (Å²) in [4.78, 5) is 26.9. The Morgan fingerprint density at radius 3 is 2.76 bits per heavy atom. The van der Waals surface area contributed by atoms with Gasteiger partial charge in [0.25, 0.3) is 5.91 Å². The minimum absolute atomic E-state index is 0.112. The van der Waals surface area contributed by atoms with Gasteiger partial charge < -0.3 is 15.0 Å². The van der Waals surface area contributed by atoms with Gasteiger partial charge in [0.2, 0.25) is 0 Å². The predicted molar refractivity (Wildman–Crippen MR) is 96.7 cm³/mol. The molecule has 0 saturated heterocycles. The van der Waals surface area contributed by atoms with Gasteiger partial charge in [0.15, 0.2) is 0 Å². The predicted octanol–water partition coefficient (Wildman–Crippen LogP) is 1.94. The molecule has 1 amide bonds. The normalized spacial score (nSPS) is 10.5. The fraction of sp³-hybridized carbons (Fsp3) is 0.444. The standard InChI is InChI=1S/C18H25N5O2/c1-14-21-16(13-17(22-14)20-8-4-12-25-3)18(24)23(2)11-7-15-5-9-19-10-6-15/h5-6,9-10,13H,4,7-8,11-12H2,1-3H3,(H,20,21,22). The maximum absolute atomic E-state index is 12.6. The van der Waals surface area contributed by atoms with Crippen LogP contribution in [0.5, 0.6) is 0 Å². The molecule has 2 heterocycles. The van der Waals surface area contributed by atoms with Gasteiger partial charge in [-0.3, -0.25) is 9.78 Å². The van der Waals surface area contributed by atoms with Crippen LogP contribution in [0.15, 0.2) is 30.6 Å². The number of anilines is 1. The molecule has 0 saturated carbocycles. The molecule has 0 radical (unpaired) electrons. The fourth-order valence-electron chi connectivity index (χ4n) is 2.34. The van der Waals surface area contributed by atoms with E-state index >= 15 is 0 Å². The Balaban J connectivity index is 1.96. The zero-order valence-electron chi connectivity index (χ0n) is 15.0. The first-order chi connectivity index (χ1) is 12.1. The number of aryl methyl sites for hydroxylation is 1. The molecule has 2 aromatic rings. The van der Waals surface area contributed by atoms with E-state index in [9.17, 15) is 4.79 Å². The lowest BCUT2D eigenvalue weighted by molar-refractivity contribution is 0.0790. The maximum atomic E-state index is 12.6. The van der Waals surface area contributed by atoms with E-state index in [1.165, 1.54) is 0 Å². The number of carbonyl (C=O) groups excluding carboxylic acids is 1. The molecule has 0 aliphatic carbocycles. The molecule has 2 rings (SSSR count). The fourth-order valence-corrected chi connectivity index (χ4v) is 2.34. The molecule has 2 aromatic heterocycles. The first-order valence-corrected chi connectivity index (χ1v) is 8.33. The molecule has 0 bridgehead atoms. The van der Waals surface area contributed by atoms with E-state index in [2.05, 4.69) is 20.3 Å². The van der Waals surface area contributed by atoms with Crippen LogP contribution in [-0.2, 0) is 11.2 Å². The third-order valence-electron chi connectivity index (χ3n) is 3.72. The molecule has 1 N–H and O–H groups in total. The summed E-state index contributed by atoms with van der Waals surface area (Å²) in [5, 5.41) is 3.20. The highest BCUT2D eigenvalue weighted by Crippen LogP contribution is 2.10. The van der Waals surface area contributed by atoms with Gasteiger partial charge in [0, 0.05) is 52.3 Å². The van der Waals surface area contributed by atoms with Crippen LogP contribution in [0.25, 0.3) is 0 Å². The summed E-state index contributed by atoms with van der Waals surface area (Å²) in [7, 11) is 3.46. The molecule has 134 valence electrons. The van der Waals surface area contributed by atoms with Crippen molar-refractivity contribution in [2.45, 2.75) is 19.8 Å². The van der Waals surface area contributed by atoms with E-state index < -0.39 is 0 Å². The van der Waals surface area contributed by atoms with Crippen molar-refractivity contribution in [3.8, 4) is 0 Å². The summed E-state index contributed by atoms with van der Waals surface area (Å²) >= 11 is 0. The molecule has 25 heavy (non-hydrogen) atoms. The number of ether oxygens (including phenoxy) is 1. The molecular formula is C18H25N5O2. The molecule has 0 spiro atoms. The van der Waals surface area contributed by atoms with E-state index in [4.69, 9.17) is 4.74 Å². The number of amides is 1. The second-order valence-corrected chi connectivity index (χ2v) is 5.79. The Morgan fingerprint density at radius 2 is 2.04 bits per heavy atom. The summed E-state index contributed by atoms with van der Waals surface area (Å²) in [5.74, 6) is 1.12. The summed E-state index contributed by atoms with van der Waals surface area (Å²) in [6.07, 6.45) is 5.16. The SMILES string of the molecule is COCCCNc1cc(C(=O)N(C)CCc2ccncc2)nc(C)n1. The van der Waals surface area contributed by atoms with Gasteiger partial charge in [-0.05, 0) is 37.5 Å². The van der Waals surface area contributed by atoms with E-state index in [0.29, 0.717) is 30.5 Å². The topological polar surface area (TPSA) is 80.2 Å². The largest absolute Gasteiger partial charge is 0.385 e. The quantitative estimate of drug-likeness (QED) is 0.701. The van der Waals surface area contributed by atoms with Gasteiger partial charge in [-0.15, -0.1) is 0 Å². The number of hydrogen-bond acceptors (Lipinski definition) is 6. The average molecular weight is 343 g/mol.